The Morgan fingerprint density at radius 3 is 2.46 bits per heavy atom. The topological polar surface area (TPSA) is 89.0 Å². The fraction of sp³-hybridized carbons (Fsp3) is 0.346. The van der Waals surface area contributed by atoms with Gasteiger partial charge in [-0.1, -0.05) is 29.8 Å². The van der Waals surface area contributed by atoms with Crippen molar-refractivity contribution in [2.24, 2.45) is 4.99 Å². The third-order valence-corrected chi connectivity index (χ3v) is 6.46. The monoisotopic (exact) mass is 535 g/mol. The summed E-state index contributed by atoms with van der Waals surface area (Å²) in [7, 11) is 1.51. The lowest BCUT2D eigenvalue weighted by Gasteiger charge is -2.16. The van der Waals surface area contributed by atoms with E-state index in [1.54, 1.807) is 36.4 Å². The summed E-state index contributed by atoms with van der Waals surface area (Å²) in [5.74, 6) is -0.719. The van der Waals surface area contributed by atoms with Crippen LogP contribution in [0.2, 0.25) is 5.02 Å². The summed E-state index contributed by atoms with van der Waals surface area (Å²) >= 11 is 5.98. The molecule has 37 heavy (non-hydrogen) atoms. The molecular formula is C26H25ClF3N3O4. The van der Waals surface area contributed by atoms with E-state index in [9.17, 15) is 22.8 Å². The highest BCUT2D eigenvalue weighted by molar-refractivity contribution is 6.30. The van der Waals surface area contributed by atoms with Crippen LogP contribution in [0.25, 0.3) is 5.57 Å². The van der Waals surface area contributed by atoms with Crippen molar-refractivity contribution in [2.45, 2.75) is 30.9 Å². The van der Waals surface area contributed by atoms with E-state index in [0.717, 1.165) is 24.0 Å². The fourth-order valence-corrected chi connectivity index (χ4v) is 4.23. The summed E-state index contributed by atoms with van der Waals surface area (Å²) in [6, 6.07) is 12.4. The molecule has 2 N–H and O–H groups in total. The highest BCUT2D eigenvalue weighted by Gasteiger charge is 2.51. The average molecular weight is 536 g/mol. The van der Waals surface area contributed by atoms with Gasteiger partial charge in [0, 0.05) is 11.6 Å². The molecule has 2 aromatic carbocycles. The molecule has 0 atom stereocenters. The number of alkyl halides is 3. The SMILES string of the molecule is COc1cccc(OCCCNC(=O)C(F)(F)F)c1C1=CC(NC(=O)C2(c3ccc(Cl)cc3)CC2)=NC1. The van der Waals surface area contributed by atoms with Gasteiger partial charge in [0.1, 0.15) is 17.3 Å². The van der Waals surface area contributed by atoms with Crippen molar-refractivity contribution in [3.63, 3.8) is 0 Å². The minimum absolute atomic E-state index is 0.0691. The van der Waals surface area contributed by atoms with Crippen molar-refractivity contribution in [1.29, 1.82) is 0 Å². The van der Waals surface area contributed by atoms with Gasteiger partial charge < -0.3 is 20.1 Å². The summed E-state index contributed by atoms with van der Waals surface area (Å²) < 4.78 is 48.2. The molecule has 0 saturated heterocycles. The predicted molar refractivity (Wildman–Crippen MR) is 133 cm³/mol. The summed E-state index contributed by atoms with van der Waals surface area (Å²) in [6.45, 7) is 0.163. The first-order valence-electron chi connectivity index (χ1n) is 11.6. The number of nitrogens with zero attached hydrogens (tertiary/aromatic N) is 1. The lowest BCUT2D eigenvalue weighted by Crippen LogP contribution is -2.37. The van der Waals surface area contributed by atoms with Crippen molar-refractivity contribution >= 4 is 34.8 Å². The van der Waals surface area contributed by atoms with Crippen molar-refractivity contribution in [2.75, 3.05) is 26.8 Å². The maximum Gasteiger partial charge on any atom is 0.471 e. The van der Waals surface area contributed by atoms with Crippen LogP contribution in [0.3, 0.4) is 0 Å². The molecule has 0 aromatic heterocycles. The van der Waals surface area contributed by atoms with E-state index in [-0.39, 0.29) is 32.0 Å². The van der Waals surface area contributed by atoms with Gasteiger partial charge in [0.25, 0.3) is 0 Å². The lowest BCUT2D eigenvalue weighted by molar-refractivity contribution is -0.173. The Hall–Kier alpha value is -3.53. The zero-order chi connectivity index (χ0) is 26.6. The second-order valence-electron chi connectivity index (χ2n) is 8.70. The molecule has 2 amide bonds. The van der Waals surface area contributed by atoms with E-state index >= 15 is 0 Å². The maximum atomic E-state index is 13.1. The second-order valence-corrected chi connectivity index (χ2v) is 9.14. The molecule has 1 fully saturated rings. The van der Waals surface area contributed by atoms with Crippen LogP contribution in [0, 0.1) is 0 Å². The minimum atomic E-state index is -4.92. The Bertz CT molecular complexity index is 1240. The number of carbonyl (C=O) groups excluding carboxylic acids is 2. The van der Waals surface area contributed by atoms with Gasteiger partial charge in [-0.2, -0.15) is 13.2 Å². The maximum absolute atomic E-state index is 13.1. The molecule has 4 rings (SSSR count). The number of hydrogen-bond donors (Lipinski definition) is 2. The largest absolute Gasteiger partial charge is 0.496 e. The van der Waals surface area contributed by atoms with E-state index < -0.39 is 17.5 Å². The number of nitrogens with one attached hydrogen (secondary N) is 2. The van der Waals surface area contributed by atoms with Crippen LogP contribution in [0.1, 0.15) is 30.4 Å². The standard InChI is InChI=1S/C26H25ClF3N3O4/c1-36-19-4-2-5-20(37-13-3-12-31-24(35)26(28,29)30)22(19)16-14-21(32-15-16)33-23(34)25(10-11-25)17-6-8-18(27)9-7-17/h2,4-9,14H,3,10-13,15H2,1H3,(H,31,35)(H,32,33,34). The number of aliphatic imine (C=N–C) groups is 1. The number of ether oxygens (including phenoxy) is 2. The average Bonchev–Trinajstić information content (AvgIpc) is 3.56. The van der Waals surface area contributed by atoms with Crippen molar-refractivity contribution in [3.05, 3.63) is 64.7 Å². The number of amidine groups is 1. The summed E-state index contributed by atoms with van der Waals surface area (Å²) in [4.78, 5) is 28.5. The fourth-order valence-electron chi connectivity index (χ4n) is 4.10. The van der Waals surface area contributed by atoms with Gasteiger partial charge in [-0.25, -0.2) is 0 Å². The van der Waals surface area contributed by atoms with Gasteiger partial charge >= 0.3 is 12.1 Å². The van der Waals surface area contributed by atoms with E-state index in [0.29, 0.717) is 27.9 Å². The van der Waals surface area contributed by atoms with Crippen LogP contribution >= 0.6 is 11.6 Å². The quantitative estimate of drug-likeness (QED) is 0.465. The number of amides is 2. The lowest BCUT2D eigenvalue weighted by atomic mass is 9.95. The normalized spacial score (nSPS) is 15.9. The zero-order valence-corrected chi connectivity index (χ0v) is 20.7. The van der Waals surface area contributed by atoms with Crippen LogP contribution in [0.5, 0.6) is 11.5 Å². The smallest absolute Gasteiger partial charge is 0.471 e. The number of methoxy groups -OCH3 is 1. The Balaban J connectivity index is 1.41. The van der Waals surface area contributed by atoms with Crippen LogP contribution in [0.15, 0.2) is 53.5 Å². The number of hydrogen-bond acceptors (Lipinski definition) is 5. The summed E-state index contributed by atoms with van der Waals surface area (Å²) in [6.07, 6.45) is -1.53. The van der Waals surface area contributed by atoms with Gasteiger partial charge in [-0.15, -0.1) is 0 Å². The summed E-state index contributed by atoms with van der Waals surface area (Å²) in [5.41, 5.74) is 1.70. The highest BCUT2D eigenvalue weighted by atomic mass is 35.5. The molecule has 0 radical (unpaired) electrons. The molecule has 1 heterocycles. The molecule has 0 unspecified atom stereocenters. The van der Waals surface area contributed by atoms with Crippen molar-refractivity contribution in [3.8, 4) is 11.5 Å². The van der Waals surface area contributed by atoms with Crippen molar-refractivity contribution in [1.82, 2.24) is 10.6 Å². The Morgan fingerprint density at radius 1 is 1.11 bits per heavy atom. The van der Waals surface area contributed by atoms with Gasteiger partial charge in [0.15, 0.2) is 0 Å². The molecule has 1 saturated carbocycles. The predicted octanol–water partition coefficient (Wildman–Crippen LogP) is 4.44. The number of benzene rings is 2. The first kappa shape index (κ1) is 26.5. The molecule has 0 bridgehead atoms. The van der Waals surface area contributed by atoms with Crippen LogP contribution in [-0.4, -0.2) is 50.6 Å². The molecule has 1 aliphatic heterocycles. The molecule has 1 aliphatic carbocycles. The van der Waals surface area contributed by atoms with Gasteiger partial charge in [-0.05, 0) is 60.7 Å². The van der Waals surface area contributed by atoms with Gasteiger partial charge in [0.05, 0.1) is 31.2 Å². The van der Waals surface area contributed by atoms with Crippen LogP contribution in [0.4, 0.5) is 13.2 Å². The van der Waals surface area contributed by atoms with E-state index in [2.05, 4.69) is 10.3 Å². The molecule has 2 aromatic rings. The first-order chi connectivity index (χ1) is 17.6. The molecule has 2 aliphatic rings. The Morgan fingerprint density at radius 2 is 1.81 bits per heavy atom. The third kappa shape index (κ3) is 6.07. The van der Waals surface area contributed by atoms with Crippen LogP contribution < -0.4 is 20.1 Å². The molecule has 196 valence electrons. The van der Waals surface area contributed by atoms with E-state index in [1.807, 2.05) is 17.4 Å². The number of halogens is 4. The molecule has 7 nitrogen and oxygen atoms in total. The van der Waals surface area contributed by atoms with E-state index in [4.69, 9.17) is 21.1 Å². The third-order valence-electron chi connectivity index (χ3n) is 6.20. The molecule has 11 heteroatoms. The Labute approximate surface area is 216 Å². The molecular weight excluding hydrogens is 511 g/mol. The second kappa shape index (κ2) is 10.8. The Kier molecular flexibility index (Phi) is 7.77. The number of carbonyl (C=O) groups is 2. The van der Waals surface area contributed by atoms with Crippen molar-refractivity contribution < 1.29 is 32.2 Å². The first-order valence-corrected chi connectivity index (χ1v) is 12.0. The highest BCUT2D eigenvalue weighted by Crippen LogP contribution is 2.48. The zero-order valence-electron chi connectivity index (χ0n) is 20.0. The van der Waals surface area contributed by atoms with Crippen LogP contribution in [-0.2, 0) is 15.0 Å². The molecule has 0 spiro atoms. The van der Waals surface area contributed by atoms with Gasteiger partial charge in [-0.3, -0.25) is 14.6 Å². The minimum Gasteiger partial charge on any atom is -0.496 e. The van der Waals surface area contributed by atoms with Gasteiger partial charge in [0.2, 0.25) is 5.91 Å². The van der Waals surface area contributed by atoms with E-state index in [1.165, 1.54) is 7.11 Å². The summed E-state index contributed by atoms with van der Waals surface area (Å²) in [5, 5.41) is 5.34. The number of rotatable bonds is 9.